The number of nitrogen functional groups attached to an aromatic ring is 1. The summed E-state index contributed by atoms with van der Waals surface area (Å²) < 4.78 is 19.3. The number of carbonyl (C=O) groups excluding carboxylic acids is 1. The first-order chi connectivity index (χ1) is 10.3. The minimum atomic E-state index is -0.487. The largest absolute Gasteiger partial charge is 0.444 e. The number of ether oxygens (including phenoxy) is 1. The second kappa shape index (κ2) is 6.52. The van der Waals surface area contributed by atoms with Crippen LogP contribution < -0.4 is 5.73 Å². The van der Waals surface area contributed by atoms with E-state index in [1.54, 1.807) is 23.1 Å². The highest BCUT2D eigenvalue weighted by atomic mass is 19.1. The first-order valence-corrected chi connectivity index (χ1v) is 7.49. The maximum Gasteiger partial charge on any atom is 0.410 e. The van der Waals surface area contributed by atoms with Crippen molar-refractivity contribution in [2.75, 3.05) is 31.9 Å². The third kappa shape index (κ3) is 4.34. The Bertz CT molecular complexity index is 535. The molecule has 0 spiro atoms. The predicted octanol–water partition coefficient (Wildman–Crippen LogP) is 2.46. The van der Waals surface area contributed by atoms with Crippen LogP contribution in [0.2, 0.25) is 0 Å². The Kier molecular flexibility index (Phi) is 4.90. The fourth-order valence-electron chi connectivity index (χ4n) is 2.38. The first kappa shape index (κ1) is 16.5. The minimum Gasteiger partial charge on any atom is -0.444 e. The number of halogens is 1. The maximum atomic E-state index is 13.9. The second-order valence-electron chi connectivity index (χ2n) is 6.56. The van der Waals surface area contributed by atoms with E-state index in [0.29, 0.717) is 38.3 Å². The Hall–Kier alpha value is -1.82. The van der Waals surface area contributed by atoms with E-state index in [1.807, 2.05) is 20.8 Å². The number of nitrogens with two attached hydrogens (primary N) is 1. The average molecular weight is 309 g/mol. The summed E-state index contributed by atoms with van der Waals surface area (Å²) in [5.74, 6) is -0.350. The van der Waals surface area contributed by atoms with Crippen molar-refractivity contribution in [3.63, 3.8) is 0 Å². The van der Waals surface area contributed by atoms with Gasteiger partial charge in [-0.25, -0.2) is 9.18 Å². The molecule has 1 aromatic carbocycles. The molecule has 0 aromatic heterocycles. The highest BCUT2D eigenvalue weighted by Crippen LogP contribution is 2.18. The zero-order valence-electron chi connectivity index (χ0n) is 13.4. The third-order valence-electron chi connectivity index (χ3n) is 3.53. The van der Waals surface area contributed by atoms with Crippen molar-refractivity contribution in [1.82, 2.24) is 9.80 Å². The van der Waals surface area contributed by atoms with Crippen molar-refractivity contribution in [3.05, 3.63) is 29.6 Å². The van der Waals surface area contributed by atoms with Gasteiger partial charge in [-0.05, 0) is 26.8 Å². The molecule has 1 fully saturated rings. The van der Waals surface area contributed by atoms with Gasteiger partial charge in [0.1, 0.15) is 5.60 Å². The van der Waals surface area contributed by atoms with Crippen LogP contribution in [0.4, 0.5) is 14.9 Å². The van der Waals surface area contributed by atoms with E-state index in [4.69, 9.17) is 10.5 Å². The zero-order valence-corrected chi connectivity index (χ0v) is 13.4. The summed E-state index contributed by atoms with van der Waals surface area (Å²) in [5, 5.41) is 0. The van der Waals surface area contributed by atoms with Gasteiger partial charge in [-0.1, -0.05) is 12.1 Å². The second-order valence-corrected chi connectivity index (χ2v) is 6.56. The van der Waals surface area contributed by atoms with Gasteiger partial charge in [0, 0.05) is 38.3 Å². The van der Waals surface area contributed by atoms with Crippen LogP contribution in [0, 0.1) is 5.82 Å². The number of carbonyl (C=O) groups is 1. The molecule has 122 valence electrons. The van der Waals surface area contributed by atoms with Crippen molar-refractivity contribution in [2.24, 2.45) is 0 Å². The maximum absolute atomic E-state index is 13.9. The smallest absolute Gasteiger partial charge is 0.410 e. The van der Waals surface area contributed by atoms with E-state index in [0.717, 1.165) is 0 Å². The van der Waals surface area contributed by atoms with Crippen molar-refractivity contribution >= 4 is 11.8 Å². The summed E-state index contributed by atoms with van der Waals surface area (Å²) in [6.45, 7) is 8.59. The summed E-state index contributed by atoms with van der Waals surface area (Å²) >= 11 is 0. The Morgan fingerprint density at radius 2 is 1.91 bits per heavy atom. The lowest BCUT2D eigenvalue weighted by Gasteiger charge is -2.35. The summed E-state index contributed by atoms with van der Waals surface area (Å²) in [4.78, 5) is 15.8. The molecule has 1 aliphatic rings. The Labute approximate surface area is 130 Å². The number of hydrogen-bond acceptors (Lipinski definition) is 4. The van der Waals surface area contributed by atoms with Gasteiger partial charge in [-0.2, -0.15) is 0 Å². The number of hydrogen-bond donors (Lipinski definition) is 1. The molecule has 1 heterocycles. The van der Waals surface area contributed by atoms with E-state index >= 15 is 0 Å². The van der Waals surface area contributed by atoms with Crippen molar-refractivity contribution in [1.29, 1.82) is 0 Å². The molecule has 1 aromatic rings. The third-order valence-corrected chi connectivity index (χ3v) is 3.53. The predicted molar refractivity (Wildman–Crippen MR) is 83.9 cm³/mol. The topological polar surface area (TPSA) is 58.8 Å². The van der Waals surface area contributed by atoms with E-state index in [9.17, 15) is 9.18 Å². The molecule has 2 rings (SSSR count). The van der Waals surface area contributed by atoms with E-state index in [-0.39, 0.29) is 17.6 Å². The normalized spacial score (nSPS) is 16.6. The standard InChI is InChI=1S/C16H24FN3O2/c1-16(2,3)22-15(21)20-9-7-19(8-10-20)11-12-5-4-6-13(18)14(12)17/h4-6H,7-11,18H2,1-3H3. The molecule has 0 atom stereocenters. The van der Waals surface area contributed by atoms with Crippen LogP contribution in [-0.2, 0) is 11.3 Å². The van der Waals surface area contributed by atoms with Crippen molar-refractivity contribution < 1.29 is 13.9 Å². The molecule has 5 nitrogen and oxygen atoms in total. The van der Waals surface area contributed by atoms with Crippen LogP contribution in [0.25, 0.3) is 0 Å². The molecule has 6 heteroatoms. The van der Waals surface area contributed by atoms with Crippen LogP contribution in [0.15, 0.2) is 18.2 Å². The van der Waals surface area contributed by atoms with Gasteiger partial charge < -0.3 is 15.4 Å². The lowest BCUT2D eigenvalue weighted by atomic mass is 10.1. The molecular formula is C16H24FN3O2. The molecule has 0 radical (unpaired) electrons. The highest BCUT2D eigenvalue weighted by molar-refractivity contribution is 5.68. The van der Waals surface area contributed by atoms with Crippen LogP contribution in [0.3, 0.4) is 0 Å². The van der Waals surface area contributed by atoms with Gasteiger partial charge in [0.2, 0.25) is 0 Å². The molecule has 0 saturated carbocycles. The average Bonchev–Trinajstić information content (AvgIpc) is 2.43. The summed E-state index contributed by atoms with van der Waals surface area (Å²) in [5.41, 5.74) is 5.86. The summed E-state index contributed by atoms with van der Waals surface area (Å²) in [6.07, 6.45) is -0.290. The minimum absolute atomic E-state index is 0.171. The Balaban J connectivity index is 1.87. The number of rotatable bonds is 2. The zero-order chi connectivity index (χ0) is 16.3. The van der Waals surface area contributed by atoms with Crippen LogP contribution in [-0.4, -0.2) is 47.7 Å². The molecule has 0 unspecified atom stereocenters. The lowest BCUT2D eigenvalue weighted by molar-refractivity contribution is 0.0138. The van der Waals surface area contributed by atoms with E-state index < -0.39 is 5.60 Å². The molecule has 0 bridgehead atoms. The fourth-order valence-corrected chi connectivity index (χ4v) is 2.38. The fraction of sp³-hybridized carbons (Fsp3) is 0.562. The Morgan fingerprint density at radius 3 is 2.50 bits per heavy atom. The van der Waals surface area contributed by atoms with Gasteiger partial charge in [0.15, 0.2) is 5.82 Å². The molecule has 1 aliphatic heterocycles. The van der Waals surface area contributed by atoms with Crippen LogP contribution in [0.1, 0.15) is 26.3 Å². The quantitative estimate of drug-likeness (QED) is 0.853. The van der Waals surface area contributed by atoms with E-state index in [2.05, 4.69) is 4.90 Å². The molecule has 22 heavy (non-hydrogen) atoms. The molecular weight excluding hydrogens is 285 g/mol. The monoisotopic (exact) mass is 309 g/mol. The lowest BCUT2D eigenvalue weighted by Crippen LogP contribution is -2.49. The molecule has 2 N–H and O–H groups in total. The van der Waals surface area contributed by atoms with Gasteiger partial charge >= 0.3 is 6.09 Å². The number of piperazine rings is 1. The van der Waals surface area contributed by atoms with Gasteiger partial charge in [-0.3, -0.25) is 4.90 Å². The van der Waals surface area contributed by atoms with Crippen LogP contribution in [0.5, 0.6) is 0 Å². The molecule has 0 aliphatic carbocycles. The van der Waals surface area contributed by atoms with Gasteiger partial charge in [0.05, 0.1) is 5.69 Å². The molecule has 1 saturated heterocycles. The number of anilines is 1. The van der Waals surface area contributed by atoms with Crippen LogP contribution >= 0.6 is 0 Å². The first-order valence-electron chi connectivity index (χ1n) is 7.49. The van der Waals surface area contributed by atoms with E-state index in [1.165, 1.54) is 0 Å². The van der Waals surface area contributed by atoms with Gasteiger partial charge in [-0.15, -0.1) is 0 Å². The SMILES string of the molecule is CC(C)(C)OC(=O)N1CCN(Cc2cccc(N)c2F)CC1. The Morgan fingerprint density at radius 1 is 1.27 bits per heavy atom. The number of benzene rings is 1. The highest BCUT2D eigenvalue weighted by Gasteiger charge is 2.26. The number of amides is 1. The van der Waals surface area contributed by atoms with Crippen molar-refractivity contribution in [2.45, 2.75) is 32.9 Å². The molecule has 1 amide bonds. The van der Waals surface area contributed by atoms with Crippen molar-refractivity contribution in [3.8, 4) is 0 Å². The summed E-state index contributed by atoms with van der Waals surface area (Å²) in [6, 6.07) is 5.05. The summed E-state index contributed by atoms with van der Waals surface area (Å²) in [7, 11) is 0. The number of nitrogens with zero attached hydrogens (tertiary/aromatic N) is 2. The van der Waals surface area contributed by atoms with Gasteiger partial charge in [0.25, 0.3) is 0 Å².